The zero-order valence-electron chi connectivity index (χ0n) is 35.0. The van der Waals surface area contributed by atoms with Crippen LogP contribution in [0.5, 0.6) is 0 Å². The number of nitrogens with zero attached hydrogens (tertiary/aromatic N) is 4. The monoisotopic (exact) mass is 786 g/mol. The summed E-state index contributed by atoms with van der Waals surface area (Å²) in [7, 11) is 0. The van der Waals surface area contributed by atoms with Crippen molar-refractivity contribution in [2.75, 3.05) is 0 Å². The van der Waals surface area contributed by atoms with E-state index in [-0.39, 0.29) is 10.8 Å². The fraction of sp³-hybridized carbons (Fsp3) is 0.140. The van der Waals surface area contributed by atoms with Gasteiger partial charge in [-0.2, -0.15) is 0 Å². The zero-order chi connectivity index (χ0) is 41.3. The molecule has 61 heavy (non-hydrogen) atoms. The normalized spacial score (nSPS) is 14.4. The van der Waals surface area contributed by atoms with Gasteiger partial charge < -0.3 is 4.57 Å². The van der Waals surface area contributed by atoms with Gasteiger partial charge in [-0.25, -0.2) is 15.0 Å². The van der Waals surface area contributed by atoms with Crippen LogP contribution in [-0.2, 0) is 10.8 Å². The predicted octanol–water partition coefficient (Wildman–Crippen LogP) is 14.8. The van der Waals surface area contributed by atoms with Gasteiger partial charge in [-0.05, 0) is 104 Å². The van der Waals surface area contributed by atoms with E-state index < -0.39 is 0 Å². The number of rotatable bonds is 6. The van der Waals surface area contributed by atoms with E-state index in [2.05, 4.69) is 214 Å². The molecule has 0 saturated carbocycles. The fourth-order valence-corrected chi connectivity index (χ4v) is 9.59. The highest BCUT2D eigenvalue weighted by atomic mass is 15.0. The summed E-state index contributed by atoms with van der Waals surface area (Å²) in [5, 5.41) is 4.81. The van der Waals surface area contributed by atoms with Crippen molar-refractivity contribution in [3.05, 3.63) is 193 Å². The summed E-state index contributed by atoms with van der Waals surface area (Å²) in [6.07, 6.45) is 2.35. The highest BCUT2D eigenvalue weighted by Crippen LogP contribution is 2.48. The number of para-hydroxylation sites is 1. The maximum absolute atomic E-state index is 5.26. The number of benzene rings is 8. The number of hydrogen-bond acceptors (Lipinski definition) is 3. The van der Waals surface area contributed by atoms with Gasteiger partial charge in [-0.1, -0.05) is 173 Å². The average molecular weight is 787 g/mol. The molecule has 0 atom stereocenters. The molecule has 4 nitrogen and oxygen atoms in total. The Morgan fingerprint density at radius 2 is 0.918 bits per heavy atom. The first-order chi connectivity index (χ1) is 29.7. The summed E-state index contributed by atoms with van der Waals surface area (Å²) in [5.41, 5.74) is 14.2. The molecular weight excluding hydrogens is 741 g/mol. The highest BCUT2D eigenvalue weighted by Gasteiger charge is 2.38. The SMILES string of the molecule is CC1(C)CCC(C)(C)c2cc3c(cc21)c1ccccc1n3-c1cccc(-c2nc(-c3ccc(-c4cccc(-c5ccccc5)c4)cc3)nc(-c3cccc4ccccc34)n2)c1. The number of aromatic nitrogens is 4. The molecule has 10 aromatic rings. The summed E-state index contributed by atoms with van der Waals surface area (Å²) in [4.78, 5) is 15.7. The molecule has 294 valence electrons. The number of fused-ring (bicyclic) bond motifs is 5. The fourth-order valence-electron chi connectivity index (χ4n) is 9.59. The average Bonchev–Trinajstić information content (AvgIpc) is 3.64. The first-order valence-corrected chi connectivity index (χ1v) is 21.4. The third-order valence-corrected chi connectivity index (χ3v) is 13.1. The molecule has 2 heterocycles. The Morgan fingerprint density at radius 1 is 0.377 bits per heavy atom. The molecule has 11 rings (SSSR count). The van der Waals surface area contributed by atoms with Crippen LogP contribution in [-0.4, -0.2) is 19.5 Å². The highest BCUT2D eigenvalue weighted by molar-refractivity contribution is 6.10. The van der Waals surface area contributed by atoms with Crippen LogP contribution in [0, 0.1) is 0 Å². The minimum atomic E-state index is 0.0892. The van der Waals surface area contributed by atoms with Crippen molar-refractivity contribution in [1.82, 2.24) is 19.5 Å². The Hall–Kier alpha value is -7.17. The van der Waals surface area contributed by atoms with E-state index >= 15 is 0 Å². The van der Waals surface area contributed by atoms with Crippen LogP contribution in [0.15, 0.2) is 182 Å². The summed E-state index contributed by atoms with van der Waals surface area (Å²) in [5.74, 6) is 1.92. The van der Waals surface area contributed by atoms with Crippen molar-refractivity contribution in [3.63, 3.8) is 0 Å². The Bertz CT molecular complexity index is 3290. The van der Waals surface area contributed by atoms with Crippen molar-refractivity contribution in [2.24, 2.45) is 0 Å². The maximum atomic E-state index is 5.26. The second-order valence-electron chi connectivity index (χ2n) is 17.9. The molecule has 2 aromatic heterocycles. The Morgan fingerprint density at radius 3 is 1.69 bits per heavy atom. The van der Waals surface area contributed by atoms with Crippen molar-refractivity contribution in [3.8, 4) is 62.1 Å². The lowest BCUT2D eigenvalue weighted by molar-refractivity contribution is 0.332. The summed E-state index contributed by atoms with van der Waals surface area (Å²) in [6, 6.07) is 65.2. The molecule has 0 unspecified atom stereocenters. The summed E-state index contributed by atoms with van der Waals surface area (Å²) in [6.45, 7) is 9.63. The van der Waals surface area contributed by atoms with Gasteiger partial charge in [0.15, 0.2) is 17.5 Å². The van der Waals surface area contributed by atoms with Crippen LogP contribution in [0.3, 0.4) is 0 Å². The van der Waals surface area contributed by atoms with Crippen LogP contribution >= 0.6 is 0 Å². The second-order valence-corrected chi connectivity index (χ2v) is 17.9. The first kappa shape index (κ1) is 36.9. The molecule has 8 aromatic carbocycles. The van der Waals surface area contributed by atoms with Gasteiger partial charge in [0.2, 0.25) is 0 Å². The van der Waals surface area contributed by atoms with E-state index in [1.165, 1.54) is 56.9 Å². The quantitative estimate of drug-likeness (QED) is 0.169. The smallest absolute Gasteiger partial charge is 0.164 e. The topological polar surface area (TPSA) is 43.6 Å². The van der Waals surface area contributed by atoms with E-state index in [0.717, 1.165) is 44.3 Å². The Kier molecular flexibility index (Phi) is 8.61. The Labute approximate surface area is 357 Å². The molecular formula is C57H46N4. The van der Waals surface area contributed by atoms with Crippen LogP contribution in [0.4, 0.5) is 0 Å². The maximum Gasteiger partial charge on any atom is 0.164 e. The third-order valence-electron chi connectivity index (χ3n) is 13.1. The van der Waals surface area contributed by atoms with Gasteiger partial charge in [-0.15, -0.1) is 0 Å². The van der Waals surface area contributed by atoms with Crippen LogP contribution in [0.1, 0.15) is 51.7 Å². The minimum Gasteiger partial charge on any atom is -0.309 e. The molecule has 0 saturated heterocycles. The van der Waals surface area contributed by atoms with Crippen molar-refractivity contribution in [1.29, 1.82) is 0 Å². The van der Waals surface area contributed by atoms with Gasteiger partial charge in [-0.3, -0.25) is 0 Å². The van der Waals surface area contributed by atoms with Gasteiger partial charge in [0, 0.05) is 33.2 Å². The van der Waals surface area contributed by atoms with Crippen molar-refractivity contribution in [2.45, 2.75) is 51.4 Å². The van der Waals surface area contributed by atoms with Crippen LogP contribution < -0.4 is 0 Å². The van der Waals surface area contributed by atoms with Crippen molar-refractivity contribution < 1.29 is 0 Å². The predicted molar refractivity (Wildman–Crippen MR) is 254 cm³/mol. The lowest BCUT2D eigenvalue weighted by atomic mass is 9.63. The lowest BCUT2D eigenvalue weighted by Crippen LogP contribution is -2.33. The molecule has 0 amide bonds. The molecule has 0 N–H and O–H groups in total. The van der Waals surface area contributed by atoms with E-state index in [0.29, 0.717) is 17.5 Å². The standard InChI is InChI=1S/C57H46N4/c1-56(2)31-32-57(3,4)50-36-52-48(35-49(50)56)46-24-10-11-26-51(46)61(52)44-22-13-21-43(34-44)54-58-53(59-55(60-54)47-25-14-18-39-17-8-9-23-45(39)47)40-29-27-38(28-30-40)42-20-12-19-41(33-42)37-15-6-5-7-16-37/h5-30,33-36H,31-32H2,1-4H3. The summed E-state index contributed by atoms with van der Waals surface area (Å²) >= 11 is 0. The van der Waals surface area contributed by atoms with Gasteiger partial charge in [0.1, 0.15) is 0 Å². The molecule has 0 aliphatic heterocycles. The largest absolute Gasteiger partial charge is 0.309 e. The lowest BCUT2D eigenvalue weighted by Gasteiger charge is -2.42. The molecule has 1 aliphatic rings. The zero-order valence-corrected chi connectivity index (χ0v) is 35.0. The molecule has 4 heteroatoms. The molecule has 0 spiro atoms. The van der Waals surface area contributed by atoms with Gasteiger partial charge >= 0.3 is 0 Å². The van der Waals surface area contributed by atoms with Crippen molar-refractivity contribution >= 4 is 32.6 Å². The van der Waals surface area contributed by atoms with Gasteiger partial charge in [0.25, 0.3) is 0 Å². The van der Waals surface area contributed by atoms with E-state index in [9.17, 15) is 0 Å². The third kappa shape index (κ3) is 6.42. The van der Waals surface area contributed by atoms with Crippen LogP contribution in [0.25, 0.3) is 94.7 Å². The summed E-state index contributed by atoms with van der Waals surface area (Å²) < 4.78 is 2.44. The molecule has 0 bridgehead atoms. The minimum absolute atomic E-state index is 0.0892. The molecule has 0 fully saturated rings. The molecule has 0 radical (unpaired) electrons. The van der Waals surface area contributed by atoms with Crippen LogP contribution in [0.2, 0.25) is 0 Å². The van der Waals surface area contributed by atoms with E-state index in [1.807, 2.05) is 0 Å². The van der Waals surface area contributed by atoms with E-state index in [1.54, 1.807) is 0 Å². The van der Waals surface area contributed by atoms with E-state index in [4.69, 9.17) is 15.0 Å². The van der Waals surface area contributed by atoms with Gasteiger partial charge in [0.05, 0.1) is 11.0 Å². The Balaban J connectivity index is 1.06. The second kappa shape index (κ2) is 14.2. The number of hydrogen-bond donors (Lipinski definition) is 0. The molecule has 1 aliphatic carbocycles. The first-order valence-electron chi connectivity index (χ1n) is 21.4.